The summed E-state index contributed by atoms with van der Waals surface area (Å²) in [7, 11) is 0. The molecule has 2 aliphatic carbocycles. The van der Waals surface area contributed by atoms with Crippen molar-refractivity contribution in [2.75, 3.05) is 6.54 Å². The normalized spacial score (nSPS) is 35.3. The van der Waals surface area contributed by atoms with Crippen LogP contribution in [0.25, 0.3) is 0 Å². The van der Waals surface area contributed by atoms with Gasteiger partial charge in [-0.2, -0.15) is 5.26 Å². The lowest BCUT2D eigenvalue weighted by molar-refractivity contribution is -0.146. The molecular formula is C15H18N2O2. The lowest BCUT2D eigenvalue weighted by atomic mass is 9.69. The van der Waals surface area contributed by atoms with Crippen molar-refractivity contribution in [2.24, 2.45) is 17.8 Å². The Morgan fingerprint density at radius 3 is 2.63 bits per heavy atom. The number of likely N-dealkylation sites (tertiary alicyclic amines) is 1. The highest BCUT2D eigenvalue weighted by molar-refractivity contribution is 6.03. The number of ketones is 1. The molecule has 1 saturated heterocycles. The fourth-order valence-corrected chi connectivity index (χ4v) is 3.56. The van der Waals surface area contributed by atoms with Gasteiger partial charge in [-0.05, 0) is 31.6 Å². The van der Waals surface area contributed by atoms with Gasteiger partial charge in [0, 0.05) is 18.5 Å². The molecule has 4 nitrogen and oxygen atoms in total. The van der Waals surface area contributed by atoms with Crippen molar-refractivity contribution in [2.45, 2.75) is 38.6 Å². The van der Waals surface area contributed by atoms with Crippen LogP contribution in [0.4, 0.5) is 0 Å². The average Bonchev–Trinajstić information content (AvgIpc) is 2.35. The maximum Gasteiger partial charge on any atom is 0.230 e. The summed E-state index contributed by atoms with van der Waals surface area (Å²) in [5, 5.41) is 9.02. The first kappa shape index (κ1) is 12.4. The molecule has 1 saturated carbocycles. The van der Waals surface area contributed by atoms with Gasteiger partial charge in [-0.25, -0.2) is 0 Å². The quantitative estimate of drug-likeness (QED) is 0.718. The first-order valence-electron chi connectivity index (χ1n) is 7.10. The zero-order valence-corrected chi connectivity index (χ0v) is 11.1. The van der Waals surface area contributed by atoms with Crippen LogP contribution >= 0.6 is 0 Å². The van der Waals surface area contributed by atoms with Gasteiger partial charge in [-0.3, -0.25) is 9.59 Å². The van der Waals surface area contributed by atoms with Crippen LogP contribution in [0.3, 0.4) is 0 Å². The van der Waals surface area contributed by atoms with Crippen LogP contribution in [0.15, 0.2) is 11.6 Å². The van der Waals surface area contributed by atoms with Crippen LogP contribution in [0, 0.1) is 29.1 Å². The number of piperidine rings is 1. The van der Waals surface area contributed by atoms with Crippen molar-refractivity contribution < 1.29 is 9.59 Å². The second-order valence-corrected chi connectivity index (χ2v) is 5.94. The summed E-state index contributed by atoms with van der Waals surface area (Å²) < 4.78 is 0. The summed E-state index contributed by atoms with van der Waals surface area (Å²) in [5.74, 6) is -0.316. The van der Waals surface area contributed by atoms with Crippen LogP contribution in [-0.4, -0.2) is 29.2 Å². The highest BCUT2D eigenvalue weighted by Gasteiger charge is 2.46. The lowest BCUT2D eigenvalue weighted by Gasteiger charge is -2.46. The van der Waals surface area contributed by atoms with E-state index in [-0.39, 0.29) is 35.0 Å². The molecule has 3 unspecified atom stereocenters. The molecule has 0 aromatic carbocycles. The predicted octanol–water partition coefficient (Wildman–Crippen LogP) is 1.67. The van der Waals surface area contributed by atoms with Gasteiger partial charge in [0.05, 0.1) is 11.5 Å². The van der Waals surface area contributed by atoms with Crippen molar-refractivity contribution in [3.63, 3.8) is 0 Å². The fraction of sp³-hybridized carbons (Fsp3) is 0.667. The maximum atomic E-state index is 12.6. The van der Waals surface area contributed by atoms with E-state index in [1.807, 2.05) is 17.9 Å². The largest absolute Gasteiger partial charge is 0.339 e. The van der Waals surface area contributed by atoms with Gasteiger partial charge in [0.15, 0.2) is 5.78 Å². The molecule has 0 bridgehead atoms. The van der Waals surface area contributed by atoms with Crippen LogP contribution in [0.1, 0.15) is 32.6 Å². The smallest absolute Gasteiger partial charge is 0.230 e. The van der Waals surface area contributed by atoms with E-state index >= 15 is 0 Å². The van der Waals surface area contributed by atoms with Crippen LogP contribution in [0.5, 0.6) is 0 Å². The van der Waals surface area contributed by atoms with Gasteiger partial charge in [0.1, 0.15) is 6.07 Å². The summed E-state index contributed by atoms with van der Waals surface area (Å²) in [6.07, 6.45) is 5.92. The molecular weight excluding hydrogens is 240 g/mol. The van der Waals surface area contributed by atoms with E-state index in [9.17, 15) is 9.59 Å². The van der Waals surface area contributed by atoms with E-state index in [4.69, 9.17) is 5.26 Å². The van der Waals surface area contributed by atoms with Crippen molar-refractivity contribution >= 4 is 11.7 Å². The summed E-state index contributed by atoms with van der Waals surface area (Å²) in [6, 6.07) is 2.35. The number of nitrogens with zero attached hydrogens (tertiary/aromatic N) is 2. The first-order chi connectivity index (χ1) is 9.13. The van der Waals surface area contributed by atoms with E-state index < -0.39 is 0 Å². The summed E-state index contributed by atoms with van der Waals surface area (Å²) in [6.45, 7) is 2.63. The number of carbonyl (C=O) groups is 2. The number of hydrogen-bond donors (Lipinski definition) is 0. The second kappa shape index (κ2) is 4.48. The Labute approximate surface area is 113 Å². The predicted molar refractivity (Wildman–Crippen MR) is 68.8 cm³/mol. The van der Waals surface area contributed by atoms with Gasteiger partial charge >= 0.3 is 0 Å². The average molecular weight is 258 g/mol. The fourth-order valence-electron chi connectivity index (χ4n) is 3.56. The van der Waals surface area contributed by atoms with Crippen molar-refractivity contribution in [3.8, 4) is 6.07 Å². The molecule has 19 heavy (non-hydrogen) atoms. The minimum Gasteiger partial charge on any atom is -0.339 e. The van der Waals surface area contributed by atoms with Gasteiger partial charge in [-0.1, -0.05) is 13.0 Å². The number of allylic oxidation sites excluding steroid dienone is 1. The summed E-state index contributed by atoms with van der Waals surface area (Å²) >= 11 is 0. The molecule has 3 atom stereocenters. The number of amides is 1. The molecule has 0 spiro atoms. The van der Waals surface area contributed by atoms with Gasteiger partial charge in [0.25, 0.3) is 0 Å². The Bertz CT molecular complexity index is 499. The Morgan fingerprint density at radius 1 is 1.32 bits per heavy atom. The Kier molecular flexibility index (Phi) is 2.93. The number of fused-ring (bicyclic) bond motifs is 1. The van der Waals surface area contributed by atoms with Gasteiger partial charge in [-0.15, -0.1) is 0 Å². The second-order valence-electron chi connectivity index (χ2n) is 5.94. The standard InChI is InChI=1S/C15H18N2O2/c1-9-12-5-6-17(11-3-2-4-11)15(19)13(12)7-10(8-16)14(9)18/h7,9,11-13H,2-6H2,1H3. The molecule has 2 fully saturated rings. The Hall–Kier alpha value is -1.63. The van der Waals surface area contributed by atoms with E-state index in [1.54, 1.807) is 6.08 Å². The molecule has 0 aromatic rings. The number of nitriles is 1. The molecule has 0 radical (unpaired) electrons. The maximum absolute atomic E-state index is 12.6. The molecule has 1 aliphatic heterocycles. The highest BCUT2D eigenvalue weighted by Crippen LogP contribution is 2.40. The molecule has 3 aliphatic rings. The SMILES string of the molecule is CC1C(=O)C(C#N)=CC2C(=O)N(C3CCC3)CCC12. The number of Topliss-reactive ketones (excluding diaryl/α,β-unsaturated/α-hetero) is 1. The zero-order chi connectivity index (χ0) is 13.6. The molecule has 0 aromatic heterocycles. The minimum absolute atomic E-state index is 0.0892. The van der Waals surface area contributed by atoms with E-state index in [1.165, 1.54) is 6.42 Å². The molecule has 0 N–H and O–H groups in total. The molecule has 1 heterocycles. The van der Waals surface area contributed by atoms with Gasteiger partial charge < -0.3 is 4.90 Å². The summed E-state index contributed by atoms with van der Waals surface area (Å²) in [4.78, 5) is 26.5. The Balaban J connectivity index is 1.89. The number of rotatable bonds is 1. The lowest BCUT2D eigenvalue weighted by Crippen LogP contribution is -2.54. The van der Waals surface area contributed by atoms with Crippen molar-refractivity contribution in [1.82, 2.24) is 4.90 Å². The van der Waals surface area contributed by atoms with E-state index in [0.717, 1.165) is 25.8 Å². The number of hydrogen-bond acceptors (Lipinski definition) is 3. The third-order valence-corrected chi connectivity index (χ3v) is 5.04. The van der Waals surface area contributed by atoms with E-state index in [0.29, 0.717) is 6.04 Å². The molecule has 4 heteroatoms. The van der Waals surface area contributed by atoms with Crippen molar-refractivity contribution in [3.05, 3.63) is 11.6 Å². The topological polar surface area (TPSA) is 61.2 Å². The Morgan fingerprint density at radius 2 is 2.05 bits per heavy atom. The first-order valence-corrected chi connectivity index (χ1v) is 7.10. The van der Waals surface area contributed by atoms with Crippen LogP contribution in [0.2, 0.25) is 0 Å². The number of carbonyl (C=O) groups excluding carboxylic acids is 2. The molecule has 1 amide bonds. The summed E-state index contributed by atoms with van der Waals surface area (Å²) in [5.41, 5.74) is 0.178. The third-order valence-electron chi connectivity index (χ3n) is 5.04. The van der Waals surface area contributed by atoms with Crippen LogP contribution < -0.4 is 0 Å². The third kappa shape index (κ3) is 1.80. The minimum atomic E-state index is -0.253. The van der Waals surface area contributed by atoms with Crippen molar-refractivity contribution in [1.29, 1.82) is 5.26 Å². The van der Waals surface area contributed by atoms with Crippen LogP contribution in [-0.2, 0) is 9.59 Å². The zero-order valence-electron chi connectivity index (χ0n) is 11.1. The molecule has 3 rings (SSSR count). The highest BCUT2D eigenvalue weighted by atomic mass is 16.2. The van der Waals surface area contributed by atoms with E-state index in [2.05, 4.69) is 0 Å². The van der Waals surface area contributed by atoms with Gasteiger partial charge in [0.2, 0.25) is 5.91 Å². The monoisotopic (exact) mass is 258 g/mol. The molecule has 100 valence electrons.